The second-order valence-electron chi connectivity index (χ2n) is 16.1. The SMILES string of the molecule is CCCCCCCCCCCCCCCCCC(=O)OCCN(CCOC(=O)CCCCCCCCCCCCCCCCC)C(=O)C(N)CCCCN. The van der Waals surface area contributed by atoms with Gasteiger partial charge in [-0.25, -0.2) is 0 Å². The second-order valence-corrected chi connectivity index (χ2v) is 16.1. The van der Waals surface area contributed by atoms with E-state index in [1.807, 2.05) is 0 Å². The van der Waals surface area contributed by atoms with Crippen LogP contribution < -0.4 is 11.5 Å². The van der Waals surface area contributed by atoms with Gasteiger partial charge in [0.15, 0.2) is 0 Å². The standard InChI is InChI=1S/C46H91N3O5/c1-3-5-7-9-11-13-15-17-19-21-23-25-27-29-31-36-44(50)53-41-39-49(46(52)43(48)35-33-34-38-47)40-42-54-45(51)37-32-30-28-26-24-22-20-18-16-14-12-10-8-6-4-2/h43H,3-42,47-48H2,1-2H3. The largest absolute Gasteiger partial charge is 0.464 e. The highest BCUT2D eigenvalue weighted by Gasteiger charge is 2.21. The van der Waals surface area contributed by atoms with Crippen LogP contribution in [-0.4, -0.2) is 61.6 Å². The van der Waals surface area contributed by atoms with Crippen molar-refractivity contribution in [2.75, 3.05) is 32.8 Å². The maximum absolute atomic E-state index is 13.1. The second kappa shape index (κ2) is 42.5. The van der Waals surface area contributed by atoms with Gasteiger partial charge in [0.25, 0.3) is 0 Å². The molecule has 0 spiro atoms. The van der Waals surface area contributed by atoms with Crippen LogP contribution in [-0.2, 0) is 23.9 Å². The van der Waals surface area contributed by atoms with Crippen molar-refractivity contribution >= 4 is 17.8 Å². The minimum absolute atomic E-state index is 0.117. The molecule has 0 aliphatic carbocycles. The Bertz CT molecular complexity index is 774. The lowest BCUT2D eigenvalue weighted by molar-refractivity contribution is -0.148. The molecule has 4 N–H and O–H groups in total. The van der Waals surface area contributed by atoms with Crippen molar-refractivity contribution < 1.29 is 23.9 Å². The third kappa shape index (κ3) is 37.3. The van der Waals surface area contributed by atoms with Crippen LogP contribution in [0.25, 0.3) is 0 Å². The number of carbonyl (C=O) groups is 3. The van der Waals surface area contributed by atoms with Gasteiger partial charge in [-0.15, -0.1) is 0 Å². The average molecular weight is 766 g/mol. The highest BCUT2D eigenvalue weighted by atomic mass is 16.5. The number of amides is 1. The molecule has 0 aromatic rings. The van der Waals surface area contributed by atoms with E-state index in [9.17, 15) is 14.4 Å². The molecule has 0 radical (unpaired) electrons. The number of nitrogens with zero attached hydrogens (tertiary/aromatic N) is 1. The number of carbonyl (C=O) groups excluding carboxylic acids is 3. The van der Waals surface area contributed by atoms with Crippen molar-refractivity contribution in [1.82, 2.24) is 4.90 Å². The first-order valence-corrected chi connectivity index (χ1v) is 23.5. The third-order valence-corrected chi connectivity index (χ3v) is 10.8. The van der Waals surface area contributed by atoms with Crippen LogP contribution in [0.3, 0.4) is 0 Å². The first-order valence-electron chi connectivity index (χ1n) is 23.5. The van der Waals surface area contributed by atoms with Crippen LogP contribution in [0, 0.1) is 0 Å². The molecule has 0 aromatic heterocycles. The number of nitrogens with two attached hydrogens (primary N) is 2. The lowest BCUT2D eigenvalue weighted by Gasteiger charge is -2.25. The monoisotopic (exact) mass is 766 g/mol. The van der Waals surface area contributed by atoms with Crippen LogP contribution in [0.15, 0.2) is 0 Å². The summed E-state index contributed by atoms with van der Waals surface area (Å²) in [6, 6.07) is -0.649. The van der Waals surface area contributed by atoms with Crippen molar-refractivity contribution in [3.63, 3.8) is 0 Å². The van der Waals surface area contributed by atoms with Gasteiger partial charge in [-0.3, -0.25) is 14.4 Å². The summed E-state index contributed by atoms with van der Waals surface area (Å²) in [5, 5.41) is 0. The van der Waals surface area contributed by atoms with Crippen molar-refractivity contribution in [3.05, 3.63) is 0 Å². The molecule has 0 rings (SSSR count). The number of esters is 2. The van der Waals surface area contributed by atoms with Gasteiger partial charge in [0.2, 0.25) is 5.91 Å². The Morgan fingerprint density at radius 1 is 0.444 bits per heavy atom. The van der Waals surface area contributed by atoms with Gasteiger partial charge in [0.05, 0.1) is 19.1 Å². The topological polar surface area (TPSA) is 125 Å². The van der Waals surface area contributed by atoms with Crippen LogP contribution in [0.2, 0.25) is 0 Å². The summed E-state index contributed by atoms with van der Waals surface area (Å²) in [5.74, 6) is -0.650. The molecule has 1 unspecified atom stereocenters. The van der Waals surface area contributed by atoms with E-state index in [1.54, 1.807) is 4.90 Å². The first kappa shape index (κ1) is 52.3. The van der Waals surface area contributed by atoms with Gasteiger partial charge in [-0.1, -0.05) is 200 Å². The zero-order valence-corrected chi connectivity index (χ0v) is 36.0. The maximum Gasteiger partial charge on any atom is 0.305 e. The Morgan fingerprint density at radius 2 is 0.741 bits per heavy atom. The van der Waals surface area contributed by atoms with E-state index in [0.29, 0.717) is 25.8 Å². The Hall–Kier alpha value is -1.67. The number of unbranched alkanes of at least 4 members (excludes halogenated alkanes) is 29. The fourth-order valence-corrected chi connectivity index (χ4v) is 7.16. The summed E-state index contributed by atoms with van der Waals surface area (Å²) >= 11 is 0. The Balaban J connectivity index is 4.08. The molecule has 1 amide bonds. The van der Waals surface area contributed by atoms with Gasteiger partial charge >= 0.3 is 11.9 Å². The average Bonchev–Trinajstić information content (AvgIpc) is 3.17. The van der Waals surface area contributed by atoms with Crippen molar-refractivity contribution in [3.8, 4) is 0 Å². The highest BCUT2D eigenvalue weighted by molar-refractivity contribution is 5.81. The molecule has 8 heteroatoms. The van der Waals surface area contributed by atoms with E-state index >= 15 is 0 Å². The molecule has 0 aliphatic heterocycles. The first-order chi connectivity index (χ1) is 26.5. The third-order valence-electron chi connectivity index (χ3n) is 10.8. The minimum atomic E-state index is -0.649. The molecule has 54 heavy (non-hydrogen) atoms. The molecule has 0 saturated heterocycles. The lowest BCUT2D eigenvalue weighted by atomic mass is 10.0. The van der Waals surface area contributed by atoms with E-state index in [2.05, 4.69) is 13.8 Å². The predicted octanol–water partition coefficient (Wildman–Crippen LogP) is 11.9. The van der Waals surface area contributed by atoms with E-state index in [1.165, 1.54) is 154 Å². The van der Waals surface area contributed by atoms with E-state index in [0.717, 1.165) is 51.4 Å². The summed E-state index contributed by atoms with van der Waals surface area (Å²) in [7, 11) is 0. The van der Waals surface area contributed by atoms with Gasteiger partial charge in [-0.05, 0) is 32.2 Å². The van der Waals surface area contributed by atoms with Crippen LogP contribution in [0.4, 0.5) is 0 Å². The zero-order valence-electron chi connectivity index (χ0n) is 36.0. The predicted molar refractivity (Wildman–Crippen MR) is 228 cm³/mol. The van der Waals surface area contributed by atoms with Gasteiger partial charge in [0.1, 0.15) is 13.2 Å². The van der Waals surface area contributed by atoms with E-state index in [4.69, 9.17) is 20.9 Å². The Labute approximate surface area is 334 Å². The van der Waals surface area contributed by atoms with Crippen molar-refractivity contribution in [2.24, 2.45) is 11.5 Å². The fraction of sp³-hybridized carbons (Fsp3) is 0.935. The molecule has 0 saturated carbocycles. The number of ether oxygens (including phenoxy) is 2. The van der Waals surface area contributed by atoms with E-state index in [-0.39, 0.29) is 44.1 Å². The molecule has 0 bridgehead atoms. The lowest BCUT2D eigenvalue weighted by Crippen LogP contribution is -2.46. The van der Waals surface area contributed by atoms with Crippen LogP contribution in [0.5, 0.6) is 0 Å². The summed E-state index contributed by atoms with van der Waals surface area (Å²) in [4.78, 5) is 39.5. The summed E-state index contributed by atoms with van der Waals surface area (Å²) in [6.45, 7) is 5.82. The molecule has 1 atom stereocenters. The molecule has 0 aliphatic rings. The number of rotatable bonds is 43. The molecule has 320 valence electrons. The number of hydrogen-bond donors (Lipinski definition) is 2. The van der Waals surface area contributed by atoms with Crippen LogP contribution >= 0.6 is 0 Å². The maximum atomic E-state index is 13.1. The minimum Gasteiger partial charge on any atom is -0.464 e. The van der Waals surface area contributed by atoms with Gasteiger partial charge in [-0.2, -0.15) is 0 Å². The summed E-state index contributed by atoms with van der Waals surface area (Å²) in [6.07, 6.45) is 41.5. The van der Waals surface area contributed by atoms with Crippen molar-refractivity contribution in [2.45, 2.75) is 245 Å². The van der Waals surface area contributed by atoms with Gasteiger partial charge < -0.3 is 25.8 Å². The Morgan fingerprint density at radius 3 is 1.04 bits per heavy atom. The van der Waals surface area contributed by atoms with E-state index < -0.39 is 6.04 Å². The molecule has 8 nitrogen and oxygen atoms in total. The normalized spacial score (nSPS) is 11.9. The summed E-state index contributed by atoms with van der Waals surface area (Å²) < 4.78 is 11.0. The van der Waals surface area contributed by atoms with Crippen LogP contribution in [0.1, 0.15) is 239 Å². The smallest absolute Gasteiger partial charge is 0.305 e. The quantitative estimate of drug-likeness (QED) is 0.0467. The molecule has 0 fully saturated rings. The zero-order chi connectivity index (χ0) is 39.6. The highest BCUT2D eigenvalue weighted by Crippen LogP contribution is 2.16. The molecular weight excluding hydrogens is 675 g/mol. The molecule has 0 aromatic carbocycles. The fourth-order valence-electron chi connectivity index (χ4n) is 7.16. The van der Waals surface area contributed by atoms with Crippen molar-refractivity contribution in [1.29, 1.82) is 0 Å². The Kier molecular flexibility index (Phi) is 41.2. The number of hydrogen-bond acceptors (Lipinski definition) is 7. The molecule has 0 heterocycles. The summed E-state index contributed by atoms with van der Waals surface area (Å²) in [5.41, 5.74) is 11.8. The molecular formula is C46H91N3O5. The van der Waals surface area contributed by atoms with Gasteiger partial charge in [0, 0.05) is 12.8 Å².